The van der Waals surface area contributed by atoms with E-state index in [2.05, 4.69) is 58.7 Å². The number of alkyl halides is 3. The van der Waals surface area contributed by atoms with Crippen molar-refractivity contribution >= 4 is 51.7 Å². The first kappa shape index (κ1) is 27.9. The van der Waals surface area contributed by atoms with E-state index in [0.717, 1.165) is 8.25 Å². The number of pyridine rings is 1. The molecule has 1 aromatic carbocycles. The largest absolute Gasteiger partial charge is 0.455 e. The summed E-state index contributed by atoms with van der Waals surface area (Å²) in [5, 5.41) is 19.9. The number of hydrogen-bond acceptors (Lipinski definition) is 8. The Morgan fingerprint density at radius 2 is 1.98 bits per heavy atom. The Morgan fingerprint density at radius 1 is 1.20 bits per heavy atom. The van der Waals surface area contributed by atoms with Crippen LogP contribution in [-0.2, 0) is 17.5 Å². The lowest BCUT2D eigenvalue weighted by Crippen LogP contribution is -2.48. The maximum absolute atomic E-state index is 13.6. The van der Waals surface area contributed by atoms with Gasteiger partial charge < -0.3 is 15.4 Å². The van der Waals surface area contributed by atoms with E-state index < -0.39 is 17.9 Å². The molecular weight excluding hydrogens is 670 g/mol. The summed E-state index contributed by atoms with van der Waals surface area (Å²) in [4.78, 5) is 31.6. The molecule has 1 aliphatic rings. The zero-order chi connectivity index (χ0) is 28.6. The number of carbonyl (C=O) groups excluding carboxylic acids is 2. The van der Waals surface area contributed by atoms with E-state index in [9.17, 15) is 22.8 Å². The number of tetrazole rings is 1. The third-order valence-electron chi connectivity index (χ3n) is 5.70. The SMILES string of the molecule is Cc1cc(I)cc(C(=O)NC2COC2)c1NC(=O)c1cc(Cn2nnc(C(F)(F)F)n2)nn1-c1ncccc1Cl. The monoisotopic (exact) mass is 687 g/mol. The van der Waals surface area contributed by atoms with Gasteiger partial charge in [0.25, 0.3) is 17.6 Å². The van der Waals surface area contributed by atoms with Crippen molar-refractivity contribution in [2.45, 2.75) is 25.7 Å². The molecule has 0 radical (unpaired) electrons. The zero-order valence-corrected chi connectivity index (χ0v) is 23.3. The van der Waals surface area contributed by atoms with Gasteiger partial charge in [0.2, 0.25) is 0 Å². The van der Waals surface area contributed by atoms with E-state index in [-0.39, 0.29) is 52.0 Å². The fourth-order valence-corrected chi connectivity index (χ4v) is 4.76. The van der Waals surface area contributed by atoms with Crippen LogP contribution in [-0.4, -0.2) is 66.0 Å². The van der Waals surface area contributed by atoms with Gasteiger partial charge in [-0.05, 0) is 70.6 Å². The van der Waals surface area contributed by atoms with Crippen LogP contribution in [0.15, 0.2) is 36.5 Å². The molecule has 0 atom stereocenters. The van der Waals surface area contributed by atoms with Crippen molar-refractivity contribution in [3.05, 3.63) is 73.5 Å². The van der Waals surface area contributed by atoms with Crippen molar-refractivity contribution in [3.63, 3.8) is 0 Å². The fourth-order valence-electron chi connectivity index (χ4n) is 3.78. The normalized spacial score (nSPS) is 13.7. The number of ether oxygens (including phenoxy) is 1. The van der Waals surface area contributed by atoms with Gasteiger partial charge in [0.15, 0.2) is 5.82 Å². The van der Waals surface area contributed by atoms with E-state index in [4.69, 9.17) is 16.3 Å². The molecular formula is C23H18ClF3IN9O3. The van der Waals surface area contributed by atoms with Crippen molar-refractivity contribution in [1.29, 1.82) is 0 Å². The molecule has 5 rings (SSSR count). The minimum absolute atomic E-state index is 0.0524. The molecule has 0 saturated carbocycles. The maximum atomic E-state index is 13.6. The number of nitrogens with zero attached hydrogens (tertiary/aromatic N) is 7. The molecule has 1 fully saturated rings. The van der Waals surface area contributed by atoms with Gasteiger partial charge in [0, 0.05) is 9.77 Å². The summed E-state index contributed by atoms with van der Waals surface area (Å²) in [5.74, 6) is -2.37. The molecule has 12 nitrogen and oxygen atoms in total. The van der Waals surface area contributed by atoms with Crippen LogP contribution in [0.1, 0.15) is 37.9 Å². The average molecular weight is 688 g/mol. The van der Waals surface area contributed by atoms with Crippen LogP contribution < -0.4 is 10.6 Å². The third kappa shape index (κ3) is 5.92. The Bertz CT molecular complexity index is 1600. The van der Waals surface area contributed by atoms with E-state index in [1.165, 1.54) is 18.3 Å². The lowest BCUT2D eigenvalue weighted by atomic mass is 10.1. The van der Waals surface area contributed by atoms with Gasteiger partial charge in [0.1, 0.15) is 12.2 Å². The highest BCUT2D eigenvalue weighted by Gasteiger charge is 2.37. The summed E-state index contributed by atoms with van der Waals surface area (Å²) in [7, 11) is 0. The van der Waals surface area contributed by atoms with Crippen LogP contribution in [0.5, 0.6) is 0 Å². The topological polar surface area (TPSA) is 142 Å². The first-order valence-corrected chi connectivity index (χ1v) is 13.0. The molecule has 4 aromatic rings. The van der Waals surface area contributed by atoms with Gasteiger partial charge in [0.05, 0.1) is 41.2 Å². The Labute approximate surface area is 242 Å². The van der Waals surface area contributed by atoms with Crippen LogP contribution in [0.3, 0.4) is 0 Å². The molecule has 0 spiro atoms. The number of carbonyl (C=O) groups is 2. The van der Waals surface area contributed by atoms with Crippen LogP contribution >= 0.6 is 34.2 Å². The Kier molecular flexibility index (Phi) is 7.74. The second-order valence-electron chi connectivity index (χ2n) is 8.69. The number of rotatable bonds is 7. The summed E-state index contributed by atoms with van der Waals surface area (Å²) >= 11 is 8.39. The van der Waals surface area contributed by atoms with Crippen molar-refractivity contribution in [3.8, 4) is 5.82 Å². The second kappa shape index (κ2) is 11.1. The lowest BCUT2D eigenvalue weighted by molar-refractivity contribution is -0.145. The number of halogens is 5. The third-order valence-corrected chi connectivity index (χ3v) is 6.62. The van der Waals surface area contributed by atoms with Gasteiger partial charge in [-0.3, -0.25) is 9.59 Å². The van der Waals surface area contributed by atoms with Crippen molar-refractivity contribution < 1.29 is 27.5 Å². The van der Waals surface area contributed by atoms with Crippen molar-refractivity contribution in [1.82, 2.24) is 40.3 Å². The Balaban J connectivity index is 1.50. The lowest BCUT2D eigenvalue weighted by Gasteiger charge is -2.27. The standard InChI is InChI=1S/C23H18ClF3IN9O3/c1-11-5-12(28)6-15(20(38)30-14-9-40-10-14)18(11)31-21(39)17-7-13(8-36-34-22(32-35-36)23(25,26)27)33-37(17)19-16(24)3-2-4-29-19/h2-7,14H,8-10H2,1H3,(H,30,38)(H,31,39). The molecule has 208 valence electrons. The maximum Gasteiger partial charge on any atom is 0.455 e. The number of nitrogens with one attached hydrogen (secondary N) is 2. The van der Waals surface area contributed by atoms with Gasteiger partial charge in [-0.2, -0.15) is 23.1 Å². The molecule has 0 unspecified atom stereocenters. The highest BCUT2D eigenvalue weighted by Crippen LogP contribution is 2.27. The zero-order valence-electron chi connectivity index (χ0n) is 20.4. The average Bonchev–Trinajstić information content (AvgIpc) is 3.51. The number of amides is 2. The van der Waals surface area contributed by atoms with Gasteiger partial charge >= 0.3 is 6.18 Å². The van der Waals surface area contributed by atoms with E-state index >= 15 is 0 Å². The van der Waals surface area contributed by atoms with Gasteiger partial charge in [-0.15, -0.1) is 10.2 Å². The summed E-state index contributed by atoms with van der Waals surface area (Å²) in [6.07, 6.45) is -3.33. The van der Waals surface area contributed by atoms with Gasteiger partial charge in [-0.1, -0.05) is 11.6 Å². The first-order valence-electron chi connectivity index (χ1n) is 11.5. The minimum Gasteiger partial charge on any atom is -0.377 e. The molecule has 0 bridgehead atoms. The molecule has 40 heavy (non-hydrogen) atoms. The van der Waals surface area contributed by atoms with Crippen LogP contribution in [0.25, 0.3) is 5.82 Å². The van der Waals surface area contributed by atoms with E-state index in [0.29, 0.717) is 23.6 Å². The smallest absolute Gasteiger partial charge is 0.377 e. The fraction of sp³-hybridized carbons (Fsp3) is 0.261. The number of aromatic nitrogens is 7. The summed E-state index contributed by atoms with van der Waals surface area (Å²) < 4.78 is 45.8. The predicted molar refractivity (Wildman–Crippen MR) is 142 cm³/mol. The summed E-state index contributed by atoms with van der Waals surface area (Å²) in [6.45, 7) is 2.21. The predicted octanol–water partition coefficient (Wildman–Crippen LogP) is 3.27. The number of aryl methyl sites for hydroxylation is 1. The number of benzene rings is 1. The van der Waals surface area contributed by atoms with E-state index in [1.807, 2.05) is 0 Å². The Morgan fingerprint density at radius 3 is 2.62 bits per heavy atom. The van der Waals surface area contributed by atoms with Crippen LogP contribution in [0.4, 0.5) is 18.9 Å². The number of anilines is 1. The number of hydrogen-bond donors (Lipinski definition) is 2. The van der Waals surface area contributed by atoms with Crippen molar-refractivity contribution in [2.75, 3.05) is 18.5 Å². The minimum atomic E-state index is -4.77. The molecule has 2 amide bonds. The van der Waals surface area contributed by atoms with E-state index in [1.54, 1.807) is 25.1 Å². The second-order valence-corrected chi connectivity index (χ2v) is 10.3. The molecule has 0 aliphatic carbocycles. The first-order chi connectivity index (χ1) is 19.0. The van der Waals surface area contributed by atoms with Gasteiger partial charge in [-0.25, -0.2) is 9.67 Å². The van der Waals surface area contributed by atoms with Crippen LogP contribution in [0.2, 0.25) is 5.02 Å². The molecule has 1 aliphatic heterocycles. The molecule has 17 heteroatoms. The molecule has 4 heterocycles. The molecule has 2 N–H and O–H groups in total. The molecule has 1 saturated heterocycles. The van der Waals surface area contributed by atoms with Crippen LogP contribution in [0, 0.1) is 10.5 Å². The summed E-state index contributed by atoms with van der Waals surface area (Å²) in [6, 6.07) is 7.77. The highest BCUT2D eigenvalue weighted by molar-refractivity contribution is 14.1. The molecule has 3 aromatic heterocycles. The quantitative estimate of drug-likeness (QED) is 0.282. The Hall–Kier alpha value is -3.64. The summed E-state index contributed by atoms with van der Waals surface area (Å²) in [5.41, 5.74) is 1.23. The van der Waals surface area contributed by atoms with Crippen molar-refractivity contribution in [2.24, 2.45) is 0 Å². The highest BCUT2D eigenvalue weighted by atomic mass is 127.